The van der Waals surface area contributed by atoms with Gasteiger partial charge < -0.3 is 5.11 Å². The van der Waals surface area contributed by atoms with Crippen molar-refractivity contribution in [2.45, 2.75) is 31.5 Å². The summed E-state index contributed by atoms with van der Waals surface area (Å²) in [6.07, 6.45) is -4.67. The number of alkyl halides is 3. The lowest BCUT2D eigenvalue weighted by atomic mass is 9.96. The number of benzene rings is 1. The van der Waals surface area contributed by atoms with E-state index in [-0.39, 0.29) is 12.8 Å². The highest BCUT2D eigenvalue weighted by atomic mass is 19.4. The van der Waals surface area contributed by atoms with Crippen molar-refractivity contribution >= 4 is 0 Å². The van der Waals surface area contributed by atoms with Crippen molar-refractivity contribution in [2.75, 3.05) is 0 Å². The van der Waals surface area contributed by atoms with Crippen LogP contribution in [0.25, 0.3) is 0 Å². The molecule has 1 atom stereocenters. The van der Waals surface area contributed by atoms with E-state index < -0.39 is 11.8 Å². The Morgan fingerprint density at radius 3 is 2.13 bits per heavy atom. The molecule has 15 heavy (non-hydrogen) atoms. The first-order valence-corrected chi connectivity index (χ1v) is 4.66. The summed E-state index contributed by atoms with van der Waals surface area (Å²) in [6, 6.07) is 8.81. The standard InChI is InChI=1S/C11H13F3O/c1-10(15,11(12,13)14)8-7-9-5-3-2-4-6-9/h2-6,15H,7-8H2,1H3/t10-/m1/s1. The van der Waals surface area contributed by atoms with Gasteiger partial charge in [-0.3, -0.25) is 0 Å². The fourth-order valence-corrected chi connectivity index (χ4v) is 1.17. The van der Waals surface area contributed by atoms with Crippen LogP contribution in [0.2, 0.25) is 0 Å². The van der Waals surface area contributed by atoms with Gasteiger partial charge in [-0.1, -0.05) is 30.3 Å². The Morgan fingerprint density at radius 1 is 1.13 bits per heavy atom. The van der Waals surface area contributed by atoms with Crippen molar-refractivity contribution < 1.29 is 18.3 Å². The molecule has 0 radical (unpaired) electrons. The van der Waals surface area contributed by atoms with Crippen molar-refractivity contribution in [2.24, 2.45) is 0 Å². The van der Waals surface area contributed by atoms with Gasteiger partial charge in [0.25, 0.3) is 0 Å². The molecule has 0 saturated carbocycles. The van der Waals surface area contributed by atoms with Gasteiger partial charge in [-0.2, -0.15) is 13.2 Å². The van der Waals surface area contributed by atoms with Crippen molar-refractivity contribution in [1.82, 2.24) is 0 Å². The molecule has 0 amide bonds. The summed E-state index contributed by atoms with van der Waals surface area (Å²) in [5.74, 6) is 0. The highest BCUT2D eigenvalue weighted by Crippen LogP contribution is 2.33. The monoisotopic (exact) mass is 218 g/mol. The third kappa shape index (κ3) is 3.23. The minimum atomic E-state index is -4.57. The van der Waals surface area contributed by atoms with E-state index in [0.29, 0.717) is 0 Å². The Labute approximate surface area is 86.5 Å². The molecule has 0 aliphatic heterocycles. The maximum absolute atomic E-state index is 12.3. The molecule has 1 nitrogen and oxygen atoms in total. The van der Waals surface area contributed by atoms with Crippen molar-refractivity contribution in [3.8, 4) is 0 Å². The van der Waals surface area contributed by atoms with Crippen LogP contribution < -0.4 is 0 Å². The van der Waals surface area contributed by atoms with E-state index in [9.17, 15) is 18.3 Å². The normalized spacial score (nSPS) is 16.1. The summed E-state index contributed by atoms with van der Waals surface area (Å²) in [7, 11) is 0. The maximum atomic E-state index is 12.3. The molecule has 0 spiro atoms. The highest BCUT2D eigenvalue weighted by molar-refractivity contribution is 5.15. The Kier molecular flexibility index (Phi) is 3.39. The number of rotatable bonds is 3. The number of aliphatic hydroxyl groups is 1. The molecule has 0 aliphatic rings. The van der Waals surface area contributed by atoms with Crippen LogP contribution in [0.4, 0.5) is 13.2 Å². The highest BCUT2D eigenvalue weighted by Gasteiger charge is 2.49. The van der Waals surface area contributed by atoms with Crippen LogP contribution in [0.15, 0.2) is 30.3 Å². The first-order valence-electron chi connectivity index (χ1n) is 4.66. The first kappa shape index (κ1) is 12.0. The van der Waals surface area contributed by atoms with Crippen molar-refractivity contribution in [3.05, 3.63) is 35.9 Å². The first-order chi connectivity index (χ1) is 6.83. The summed E-state index contributed by atoms with van der Waals surface area (Å²) in [6.45, 7) is 0.802. The number of halogens is 3. The molecule has 0 bridgehead atoms. The SMILES string of the molecule is C[C@@](O)(CCc1ccccc1)C(F)(F)F. The lowest BCUT2D eigenvalue weighted by molar-refractivity contribution is -0.254. The zero-order valence-electron chi connectivity index (χ0n) is 8.38. The van der Waals surface area contributed by atoms with Gasteiger partial charge >= 0.3 is 6.18 Å². The number of hydrogen-bond donors (Lipinski definition) is 1. The van der Waals surface area contributed by atoms with E-state index in [1.54, 1.807) is 30.3 Å². The fraction of sp³-hybridized carbons (Fsp3) is 0.455. The van der Waals surface area contributed by atoms with Crippen LogP contribution in [0.3, 0.4) is 0 Å². The lowest BCUT2D eigenvalue weighted by Gasteiger charge is -2.26. The number of hydrogen-bond acceptors (Lipinski definition) is 1. The van der Waals surface area contributed by atoms with Crippen LogP contribution >= 0.6 is 0 Å². The molecule has 1 N–H and O–H groups in total. The van der Waals surface area contributed by atoms with E-state index in [0.717, 1.165) is 12.5 Å². The molecule has 1 aromatic rings. The van der Waals surface area contributed by atoms with Gasteiger partial charge in [0.1, 0.15) is 0 Å². The minimum Gasteiger partial charge on any atom is -0.381 e. The quantitative estimate of drug-likeness (QED) is 0.827. The second-order valence-corrected chi connectivity index (χ2v) is 3.76. The molecule has 0 fully saturated rings. The van der Waals surface area contributed by atoms with E-state index in [1.807, 2.05) is 0 Å². The Hall–Kier alpha value is -1.03. The van der Waals surface area contributed by atoms with E-state index in [4.69, 9.17) is 0 Å². The predicted molar refractivity (Wildman–Crippen MR) is 51.4 cm³/mol. The van der Waals surface area contributed by atoms with E-state index >= 15 is 0 Å². The molecule has 4 heteroatoms. The minimum absolute atomic E-state index is 0.216. The average Bonchev–Trinajstić information content (AvgIpc) is 2.15. The zero-order valence-corrected chi connectivity index (χ0v) is 8.38. The Bertz CT molecular complexity index is 303. The Balaban J connectivity index is 2.58. The van der Waals surface area contributed by atoms with Gasteiger partial charge in [-0.15, -0.1) is 0 Å². The molecule has 1 rings (SSSR count). The van der Waals surface area contributed by atoms with Gasteiger partial charge in [0.05, 0.1) is 0 Å². The third-order valence-corrected chi connectivity index (χ3v) is 2.35. The van der Waals surface area contributed by atoms with Crippen LogP contribution in [0, 0.1) is 0 Å². The second kappa shape index (κ2) is 4.23. The summed E-state index contributed by atoms with van der Waals surface area (Å²) >= 11 is 0. The van der Waals surface area contributed by atoms with Crippen molar-refractivity contribution in [1.29, 1.82) is 0 Å². The molecular weight excluding hydrogens is 205 g/mol. The third-order valence-electron chi connectivity index (χ3n) is 2.35. The van der Waals surface area contributed by atoms with Crippen LogP contribution in [0.1, 0.15) is 18.9 Å². The zero-order chi connectivity index (χ0) is 11.5. The van der Waals surface area contributed by atoms with Gasteiger partial charge in [0.2, 0.25) is 0 Å². The van der Waals surface area contributed by atoms with Crippen molar-refractivity contribution in [3.63, 3.8) is 0 Å². The summed E-state index contributed by atoms with van der Waals surface area (Å²) in [5.41, 5.74) is -1.81. The van der Waals surface area contributed by atoms with Gasteiger partial charge in [0.15, 0.2) is 5.60 Å². The second-order valence-electron chi connectivity index (χ2n) is 3.76. The number of aryl methyl sites for hydroxylation is 1. The van der Waals surface area contributed by atoms with E-state index in [1.165, 1.54) is 0 Å². The van der Waals surface area contributed by atoms with E-state index in [2.05, 4.69) is 0 Å². The smallest absolute Gasteiger partial charge is 0.381 e. The molecule has 0 unspecified atom stereocenters. The topological polar surface area (TPSA) is 20.2 Å². The summed E-state index contributed by atoms with van der Waals surface area (Å²) in [5, 5.41) is 9.19. The largest absolute Gasteiger partial charge is 0.416 e. The summed E-state index contributed by atoms with van der Waals surface area (Å²) < 4.78 is 36.9. The molecule has 0 saturated heterocycles. The molecule has 1 aromatic carbocycles. The Morgan fingerprint density at radius 2 is 1.67 bits per heavy atom. The predicted octanol–water partition coefficient (Wildman–Crippen LogP) is 2.93. The average molecular weight is 218 g/mol. The molecular formula is C11H13F3O. The molecule has 84 valence electrons. The fourth-order valence-electron chi connectivity index (χ4n) is 1.17. The van der Waals surface area contributed by atoms with Crippen LogP contribution in [-0.4, -0.2) is 16.9 Å². The van der Waals surface area contributed by atoms with Gasteiger partial charge in [0, 0.05) is 0 Å². The lowest BCUT2D eigenvalue weighted by Crippen LogP contribution is -2.42. The molecule has 0 aromatic heterocycles. The van der Waals surface area contributed by atoms with Gasteiger partial charge in [-0.25, -0.2) is 0 Å². The van der Waals surface area contributed by atoms with Crippen LogP contribution in [0.5, 0.6) is 0 Å². The molecule has 0 aliphatic carbocycles. The van der Waals surface area contributed by atoms with Crippen LogP contribution in [-0.2, 0) is 6.42 Å². The van der Waals surface area contributed by atoms with Gasteiger partial charge in [-0.05, 0) is 25.3 Å². The maximum Gasteiger partial charge on any atom is 0.416 e. The molecule has 0 heterocycles. The summed E-state index contributed by atoms with van der Waals surface area (Å²) in [4.78, 5) is 0.